The molecule has 0 unspecified atom stereocenters. The summed E-state index contributed by atoms with van der Waals surface area (Å²) in [5.74, 6) is 0.470. The van der Waals surface area contributed by atoms with E-state index in [1.54, 1.807) is 36.7 Å². The summed E-state index contributed by atoms with van der Waals surface area (Å²) in [4.78, 5) is 8.51. The first-order valence-electron chi connectivity index (χ1n) is 7.16. The molecular weight excluding hydrogens is 480 g/mol. The van der Waals surface area contributed by atoms with Gasteiger partial charge in [-0.25, -0.2) is 0 Å². The maximum absolute atomic E-state index is 9.56. The minimum absolute atomic E-state index is 0.235. The van der Waals surface area contributed by atoms with E-state index < -0.39 is 18.5 Å². The van der Waals surface area contributed by atoms with E-state index in [0.29, 0.717) is 13.1 Å². The fraction of sp³-hybridized carbons (Fsp3) is 0.176. The molecule has 2 rings (SSSR count). The fourth-order valence-corrected chi connectivity index (χ4v) is 1.77. The number of rotatable bonds is 6. The molecule has 7 heteroatoms. The summed E-state index contributed by atoms with van der Waals surface area (Å²) in [5, 5.41) is 19.1. The summed E-state index contributed by atoms with van der Waals surface area (Å²) in [6.45, 7) is 1.29. The van der Waals surface area contributed by atoms with E-state index in [1.165, 1.54) is 0 Å². The van der Waals surface area contributed by atoms with Crippen molar-refractivity contribution < 1.29 is 35.5 Å². The Hall–Kier alpha value is -2.33. The molecule has 0 radical (unpaired) electrons. The Kier molecular flexibility index (Phi) is 9.97. The quantitative estimate of drug-likeness (QED) is 0.473. The topological polar surface area (TPSA) is 99.3 Å². The molecule has 24 heavy (non-hydrogen) atoms. The number of hydrogen-bond donors (Lipinski definition) is 2. The van der Waals surface area contributed by atoms with E-state index in [9.17, 15) is 10.2 Å². The molecule has 126 valence electrons. The normalized spacial score (nSPS) is 10.5. The van der Waals surface area contributed by atoms with E-state index in [0.717, 1.165) is 17.5 Å². The van der Waals surface area contributed by atoms with Gasteiger partial charge in [-0.05, 0) is 30.7 Å². The summed E-state index contributed by atoms with van der Waals surface area (Å²) in [6.07, 6.45) is 4.15. The van der Waals surface area contributed by atoms with Crippen LogP contribution in [-0.2, 0) is 25.3 Å². The molecule has 0 aliphatic heterocycles. The summed E-state index contributed by atoms with van der Waals surface area (Å²) in [6, 6.07) is 14.2. The van der Waals surface area contributed by atoms with Crippen LogP contribution in [0.5, 0.6) is 11.5 Å². The first-order valence-corrected chi connectivity index (χ1v) is 9.56. The van der Waals surface area contributed by atoms with Gasteiger partial charge in [0, 0.05) is 36.6 Å². The van der Waals surface area contributed by atoms with Crippen LogP contribution in [0, 0.1) is 0 Å². The molecule has 6 nitrogen and oxygen atoms in total. The van der Waals surface area contributed by atoms with E-state index in [-0.39, 0.29) is 11.5 Å². The van der Waals surface area contributed by atoms with E-state index in [4.69, 9.17) is 6.80 Å². The third-order valence-electron chi connectivity index (χ3n) is 2.91. The van der Waals surface area contributed by atoms with Gasteiger partial charge in [0.15, 0.2) is 0 Å². The zero-order chi connectivity index (χ0) is 17.6. The fourth-order valence-electron chi connectivity index (χ4n) is 1.77. The first kappa shape index (κ1) is 19.7. The molecule has 0 heterocycles. The van der Waals surface area contributed by atoms with E-state index >= 15 is 0 Å². The molecule has 0 saturated carbocycles. The SMILES string of the molecule is Oc1ccccc1C=NCCCN=Cc1ccccc1O.[O]=[W]=[O]. The standard InChI is InChI=1S/C17H18N2O2.2O.W/c20-16-8-3-1-6-14(16)12-18-10-5-11-19-13-15-7-2-4-9-17(15)21;;;/h1-4,6-9,12-13,20-21H,5,10-11H2;;;. The number of aliphatic imine (C=N–C) groups is 2. The maximum atomic E-state index is 9.56. The van der Waals surface area contributed by atoms with Crippen molar-refractivity contribution in [3.05, 3.63) is 59.7 Å². The van der Waals surface area contributed by atoms with E-state index in [2.05, 4.69) is 9.98 Å². The average Bonchev–Trinajstić information content (AvgIpc) is 2.58. The van der Waals surface area contributed by atoms with Gasteiger partial charge in [-0.15, -0.1) is 0 Å². The molecular formula is C17H18N2O4W. The van der Waals surface area contributed by atoms with Crippen molar-refractivity contribution in [3.8, 4) is 11.5 Å². The van der Waals surface area contributed by atoms with Gasteiger partial charge in [0.25, 0.3) is 0 Å². The number of para-hydroxylation sites is 2. The van der Waals surface area contributed by atoms with Gasteiger partial charge < -0.3 is 10.2 Å². The molecule has 2 aromatic rings. The van der Waals surface area contributed by atoms with Crippen LogP contribution in [-0.4, -0.2) is 35.7 Å². The van der Waals surface area contributed by atoms with Crippen LogP contribution in [0.15, 0.2) is 58.5 Å². The van der Waals surface area contributed by atoms with Crippen molar-refractivity contribution in [2.75, 3.05) is 13.1 Å². The van der Waals surface area contributed by atoms with Gasteiger partial charge >= 0.3 is 25.3 Å². The van der Waals surface area contributed by atoms with Crippen molar-refractivity contribution in [1.82, 2.24) is 0 Å². The van der Waals surface area contributed by atoms with Gasteiger partial charge in [0.05, 0.1) is 0 Å². The van der Waals surface area contributed by atoms with Crippen molar-refractivity contribution >= 4 is 12.4 Å². The number of phenols is 2. The molecule has 0 saturated heterocycles. The number of nitrogens with zero attached hydrogens (tertiary/aromatic N) is 2. The Bertz CT molecular complexity index is 671. The molecule has 0 atom stereocenters. The van der Waals surface area contributed by atoms with Gasteiger partial charge in [-0.1, -0.05) is 24.3 Å². The second kappa shape index (κ2) is 12.1. The number of hydrogen-bond acceptors (Lipinski definition) is 6. The third-order valence-corrected chi connectivity index (χ3v) is 2.91. The van der Waals surface area contributed by atoms with E-state index in [1.807, 2.05) is 24.3 Å². The first-order chi connectivity index (χ1) is 11.7. The zero-order valence-electron chi connectivity index (χ0n) is 12.9. The van der Waals surface area contributed by atoms with Gasteiger partial charge in [0.1, 0.15) is 11.5 Å². The van der Waals surface area contributed by atoms with Crippen molar-refractivity contribution in [2.45, 2.75) is 6.42 Å². The molecule has 0 aromatic heterocycles. The summed E-state index contributed by atoms with van der Waals surface area (Å²) in [7, 11) is 0. The molecule has 0 aliphatic rings. The molecule has 0 bridgehead atoms. The average molecular weight is 498 g/mol. The molecule has 0 fully saturated rings. The van der Waals surface area contributed by atoms with Crippen LogP contribution >= 0.6 is 0 Å². The summed E-state index contributed by atoms with van der Waals surface area (Å²) in [5.41, 5.74) is 1.44. The van der Waals surface area contributed by atoms with Crippen LogP contribution in [0.25, 0.3) is 0 Å². The Morgan fingerprint density at radius 3 is 1.54 bits per heavy atom. The van der Waals surface area contributed by atoms with Crippen molar-refractivity contribution in [3.63, 3.8) is 0 Å². The Labute approximate surface area is 148 Å². The molecule has 0 aliphatic carbocycles. The molecule has 2 N–H and O–H groups in total. The molecule has 0 spiro atoms. The monoisotopic (exact) mass is 498 g/mol. The minimum atomic E-state index is -2.25. The Morgan fingerprint density at radius 1 is 0.792 bits per heavy atom. The predicted octanol–water partition coefficient (Wildman–Crippen LogP) is 2.79. The zero-order valence-corrected chi connectivity index (χ0v) is 15.8. The Balaban J connectivity index is 0.000000891. The van der Waals surface area contributed by atoms with Gasteiger partial charge in [0.2, 0.25) is 0 Å². The van der Waals surface area contributed by atoms with Crippen molar-refractivity contribution in [2.24, 2.45) is 9.98 Å². The molecule has 0 amide bonds. The number of aromatic hydroxyl groups is 2. The third kappa shape index (κ3) is 7.79. The van der Waals surface area contributed by atoms with Crippen LogP contribution in [0.3, 0.4) is 0 Å². The van der Waals surface area contributed by atoms with Gasteiger partial charge in [-0.3, -0.25) is 9.98 Å². The Morgan fingerprint density at radius 2 is 1.17 bits per heavy atom. The van der Waals surface area contributed by atoms with Crippen molar-refractivity contribution in [1.29, 1.82) is 0 Å². The molecule has 2 aromatic carbocycles. The van der Waals surface area contributed by atoms with Crippen LogP contribution in [0.2, 0.25) is 0 Å². The van der Waals surface area contributed by atoms with Crippen LogP contribution in [0.1, 0.15) is 17.5 Å². The van der Waals surface area contributed by atoms with Crippen LogP contribution < -0.4 is 0 Å². The number of phenolic OH excluding ortho intramolecular Hbond substituents is 2. The van der Waals surface area contributed by atoms with Gasteiger partial charge in [-0.2, -0.15) is 0 Å². The second-order valence-electron chi connectivity index (χ2n) is 4.61. The summed E-state index contributed by atoms with van der Waals surface area (Å²) >= 11 is -2.25. The second-order valence-corrected chi connectivity index (χ2v) is 5.10. The number of benzene rings is 2. The predicted molar refractivity (Wildman–Crippen MR) is 87.1 cm³/mol. The van der Waals surface area contributed by atoms with Crippen LogP contribution in [0.4, 0.5) is 0 Å². The summed E-state index contributed by atoms with van der Waals surface area (Å²) < 4.78 is 17.1.